The molecule has 1 amide bonds. The first kappa shape index (κ1) is 19.5. The lowest BCUT2D eigenvalue weighted by molar-refractivity contribution is 0.0963. The maximum absolute atomic E-state index is 11.7. The predicted molar refractivity (Wildman–Crippen MR) is 108 cm³/mol. The van der Waals surface area contributed by atoms with Gasteiger partial charge in [-0.15, -0.1) is 11.3 Å². The highest BCUT2D eigenvalue weighted by molar-refractivity contribution is 9.11. The number of carbonyl (C=O) groups is 1. The van der Waals surface area contributed by atoms with Crippen molar-refractivity contribution in [1.82, 2.24) is 15.5 Å². The van der Waals surface area contributed by atoms with E-state index in [0.29, 0.717) is 5.56 Å². The Bertz CT molecular complexity index is 744. The third-order valence-electron chi connectivity index (χ3n) is 3.71. The number of guanidine groups is 1. The highest BCUT2D eigenvalue weighted by atomic mass is 79.9. The van der Waals surface area contributed by atoms with E-state index in [1.165, 1.54) is 4.88 Å². The van der Waals surface area contributed by atoms with E-state index in [9.17, 15) is 4.79 Å². The Balaban J connectivity index is 1.87. The van der Waals surface area contributed by atoms with E-state index in [1.54, 1.807) is 25.4 Å². The molecule has 0 unspecified atom stereocenters. The molecule has 0 aliphatic heterocycles. The van der Waals surface area contributed by atoms with Gasteiger partial charge >= 0.3 is 0 Å². The molecule has 1 heterocycles. The molecular formula is C18H23BrN4OS. The van der Waals surface area contributed by atoms with Crippen molar-refractivity contribution in [2.45, 2.75) is 13.0 Å². The summed E-state index contributed by atoms with van der Waals surface area (Å²) in [5, 5.41) is 6.02. The van der Waals surface area contributed by atoms with Crippen LogP contribution in [-0.2, 0) is 13.0 Å². The van der Waals surface area contributed by atoms with Gasteiger partial charge < -0.3 is 15.5 Å². The van der Waals surface area contributed by atoms with Gasteiger partial charge in [-0.3, -0.25) is 9.79 Å². The maximum Gasteiger partial charge on any atom is 0.251 e. The molecule has 0 aliphatic carbocycles. The van der Waals surface area contributed by atoms with Crippen molar-refractivity contribution >= 4 is 39.1 Å². The Kier molecular flexibility index (Phi) is 7.46. The van der Waals surface area contributed by atoms with Crippen molar-refractivity contribution in [3.8, 4) is 0 Å². The van der Waals surface area contributed by atoms with E-state index >= 15 is 0 Å². The molecule has 2 rings (SSSR count). The monoisotopic (exact) mass is 422 g/mol. The molecule has 0 fully saturated rings. The first-order chi connectivity index (χ1) is 12.0. The lowest BCUT2D eigenvalue weighted by atomic mass is 10.1. The number of halogens is 1. The Morgan fingerprint density at radius 3 is 2.76 bits per heavy atom. The number of carbonyl (C=O) groups excluding carboxylic acids is 1. The van der Waals surface area contributed by atoms with E-state index < -0.39 is 0 Å². The van der Waals surface area contributed by atoms with Gasteiger partial charge in [-0.1, -0.05) is 12.1 Å². The van der Waals surface area contributed by atoms with Crippen LogP contribution in [0.25, 0.3) is 0 Å². The van der Waals surface area contributed by atoms with Gasteiger partial charge in [0.1, 0.15) is 0 Å². The fourth-order valence-corrected chi connectivity index (χ4v) is 4.00. The Labute approximate surface area is 161 Å². The summed E-state index contributed by atoms with van der Waals surface area (Å²) in [6, 6.07) is 11.9. The minimum absolute atomic E-state index is 0.0625. The van der Waals surface area contributed by atoms with Gasteiger partial charge in [0.05, 0.1) is 10.3 Å². The molecule has 1 aromatic heterocycles. The number of benzene rings is 1. The van der Waals surface area contributed by atoms with Crippen LogP contribution in [0.5, 0.6) is 0 Å². The minimum Gasteiger partial charge on any atom is -0.356 e. The molecular weight excluding hydrogens is 400 g/mol. The van der Waals surface area contributed by atoms with Gasteiger partial charge in [0, 0.05) is 38.1 Å². The van der Waals surface area contributed by atoms with Crippen LogP contribution in [0.15, 0.2) is 45.2 Å². The number of nitrogens with zero attached hydrogens (tertiary/aromatic N) is 2. The number of amides is 1. The van der Waals surface area contributed by atoms with Gasteiger partial charge in [0.2, 0.25) is 0 Å². The van der Waals surface area contributed by atoms with E-state index in [1.807, 2.05) is 31.3 Å². The molecule has 0 saturated heterocycles. The van der Waals surface area contributed by atoms with Crippen molar-refractivity contribution in [2.24, 2.45) is 4.99 Å². The minimum atomic E-state index is -0.0625. The van der Waals surface area contributed by atoms with Crippen LogP contribution < -0.4 is 10.6 Å². The zero-order valence-electron chi connectivity index (χ0n) is 14.7. The Hall–Kier alpha value is -1.86. The summed E-state index contributed by atoms with van der Waals surface area (Å²) in [6.45, 7) is 1.56. The largest absolute Gasteiger partial charge is 0.356 e. The summed E-state index contributed by atoms with van der Waals surface area (Å²) >= 11 is 5.22. The van der Waals surface area contributed by atoms with Crippen molar-refractivity contribution in [3.05, 3.63) is 56.2 Å². The molecule has 0 aliphatic rings. The van der Waals surface area contributed by atoms with Crippen LogP contribution >= 0.6 is 27.3 Å². The van der Waals surface area contributed by atoms with Crippen molar-refractivity contribution in [3.63, 3.8) is 0 Å². The highest BCUT2D eigenvalue weighted by Crippen LogP contribution is 2.22. The molecule has 0 saturated carbocycles. The second-order valence-electron chi connectivity index (χ2n) is 5.57. The van der Waals surface area contributed by atoms with Crippen LogP contribution in [0, 0.1) is 0 Å². The Morgan fingerprint density at radius 1 is 1.32 bits per heavy atom. The van der Waals surface area contributed by atoms with Crippen molar-refractivity contribution in [1.29, 1.82) is 0 Å². The quantitative estimate of drug-likeness (QED) is 0.555. The van der Waals surface area contributed by atoms with E-state index in [-0.39, 0.29) is 5.91 Å². The standard InChI is InChI=1S/C18H23BrN4OS/c1-20-17(24)14-6-4-5-13(11-14)9-10-22-18(21-2)23(3)12-15-7-8-16(19)25-15/h4-8,11H,9-10,12H2,1-3H3,(H,20,24)(H,21,22). The average molecular weight is 423 g/mol. The maximum atomic E-state index is 11.7. The third kappa shape index (κ3) is 5.86. The number of nitrogens with one attached hydrogen (secondary N) is 2. The highest BCUT2D eigenvalue weighted by Gasteiger charge is 2.08. The zero-order chi connectivity index (χ0) is 18.2. The van der Waals surface area contributed by atoms with E-state index in [4.69, 9.17) is 0 Å². The van der Waals surface area contributed by atoms with Crippen LogP contribution in [0.2, 0.25) is 0 Å². The molecule has 25 heavy (non-hydrogen) atoms. The van der Waals surface area contributed by atoms with Crippen LogP contribution in [0.1, 0.15) is 20.8 Å². The molecule has 5 nitrogen and oxygen atoms in total. The summed E-state index contributed by atoms with van der Waals surface area (Å²) < 4.78 is 1.13. The summed E-state index contributed by atoms with van der Waals surface area (Å²) in [4.78, 5) is 19.4. The average Bonchev–Trinajstić information content (AvgIpc) is 3.02. The molecule has 134 valence electrons. The molecule has 2 aromatic rings. The number of aliphatic imine (C=N–C) groups is 1. The second-order valence-corrected chi connectivity index (χ2v) is 8.11. The van der Waals surface area contributed by atoms with Gasteiger partial charge in [0.15, 0.2) is 5.96 Å². The Morgan fingerprint density at radius 2 is 2.12 bits per heavy atom. The third-order valence-corrected chi connectivity index (χ3v) is 5.32. The summed E-state index contributed by atoms with van der Waals surface area (Å²) in [7, 11) is 5.45. The van der Waals surface area contributed by atoms with Crippen molar-refractivity contribution in [2.75, 3.05) is 27.7 Å². The first-order valence-corrected chi connectivity index (χ1v) is 9.61. The van der Waals surface area contributed by atoms with Crippen LogP contribution in [0.3, 0.4) is 0 Å². The summed E-state index contributed by atoms with van der Waals surface area (Å²) in [5.41, 5.74) is 1.80. The summed E-state index contributed by atoms with van der Waals surface area (Å²) in [5.74, 6) is 0.791. The van der Waals surface area contributed by atoms with Gasteiger partial charge in [-0.2, -0.15) is 0 Å². The number of hydrogen-bond acceptors (Lipinski definition) is 3. The van der Waals surface area contributed by atoms with Crippen LogP contribution in [-0.4, -0.2) is 44.5 Å². The van der Waals surface area contributed by atoms with Crippen molar-refractivity contribution < 1.29 is 4.79 Å². The van der Waals surface area contributed by atoms with E-state index in [0.717, 1.165) is 34.8 Å². The lowest BCUT2D eigenvalue weighted by Crippen LogP contribution is -2.39. The molecule has 2 N–H and O–H groups in total. The summed E-state index contributed by atoms with van der Waals surface area (Å²) in [6.07, 6.45) is 0.822. The SMILES string of the molecule is CN=C(NCCc1cccc(C(=O)NC)c1)N(C)Cc1ccc(Br)s1. The molecule has 0 atom stereocenters. The second kappa shape index (κ2) is 9.58. The zero-order valence-corrected chi connectivity index (χ0v) is 17.1. The molecule has 7 heteroatoms. The fraction of sp³-hybridized carbons (Fsp3) is 0.333. The van der Waals surface area contributed by atoms with Gasteiger partial charge in [0.25, 0.3) is 5.91 Å². The number of hydrogen-bond donors (Lipinski definition) is 2. The molecule has 0 spiro atoms. The smallest absolute Gasteiger partial charge is 0.251 e. The first-order valence-electron chi connectivity index (χ1n) is 8.00. The molecule has 0 bridgehead atoms. The van der Waals surface area contributed by atoms with Crippen LogP contribution in [0.4, 0.5) is 0 Å². The predicted octanol–water partition coefficient (Wildman–Crippen LogP) is 3.12. The molecule has 1 aromatic carbocycles. The number of rotatable bonds is 6. The number of thiophene rings is 1. The normalized spacial score (nSPS) is 11.3. The van der Waals surface area contributed by atoms with Gasteiger partial charge in [-0.05, 0) is 52.2 Å². The fourth-order valence-electron chi connectivity index (χ4n) is 2.46. The molecule has 0 radical (unpaired) electrons. The topological polar surface area (TPSA) is 56.7 Å². The van der Waals surface area contributed by atoms with E-state index in [2.05, 4.69) is 48.6 Å². The van der Waals surface area contributed by atoms with Gasteiger partial charge in [-0.25, -0.2) is 0 Å². The lowest BCUT2D eigenvalue weighted by Gasteiger charge is -2.21.